The van der Waals surface area contributed by atoms with Gasteiger partial charge in [0.2, 0.25) is 19.5 Å². The fraction of sp³-hybridized carbons (Fsp3) is 0.810. The number of phosphoric ester groups is 1. The second-order valence-corrected chi connectivity index (χ2v) is 10.4. The van der Waals surface area contributed by atoms with Crippen molar-refractivity contribution in [3.05, 3.63) is 0 Å². The summed E-state index contributed by atoms with van der Waals surface area (Å²) in [5, 5.41) is 12.8. The molecule has 0 aromatic carbocycles. The SMILES string of the molecule is CCOC(=O)CCNC(=O)[C@H](O)C(C)(C)COP(=O)(OCOC(=O)C(C)C)OCOC(=O)C(C)C. The molecule has 0 aliphatic heterocycles. The van der Waals surface area contributed by atoms with Gasteiger partial charge < -0.3 is 24.6 Å². The van der Waals surface area contributed by atoms with Crippen molar-refractivity contribution in [2.24, 2.45) is 17.3 Å². The number of ether oxygens (including phenoxy) is 3. The Labute approximate surface area is 205 Å². The van der Waals surface area contributed by atoms with Crippen molar-refractivity contribution in [2.75, 3.05) is 33.3 Å². The molecular weight excluding hydrogens is 489 g/mol. The van der Waals surface area contributed by atoms with Crippen molar-refractivity contribution in [2.45, 2.75) is 61.0 Å². The van der Waals surface area contributed by atoms with Crippen molar-refractivity contribution in [1.82, 2.24) is 5.32 Å². The highest BCUT2D eigenvalue weighted by atomic mass is 31.2. The van der Waals surface area contributed by atoms with E-state index in [0.29, 0.717) is 0 Å². The topological polar surface area (TPSA) is 173 Å². The lowest BCUT2D eigenvalue weighted by atomic mass is 9.87. The number of hydrogen-bond acceptors (Lipinski definition) is 12. The summed E-state index contributed by atoms with van der Waals surface area (Å²) in [5.41, 5.74) is -1.31. The fourth-order valence-corrected chi connectivity index (χ4v) is 3.12. The van der Waals surface area contributed by atoms with E-state index >= 15 is 0 Å². The minimum Gasteiger partial charge on any atom is -0.466 e. The predicted molar refractivity (Wildman–Crippen MR) is 121 cm³/mol. The van der Waals surface area contributed by atoms with Gasteiger partial charge in [0.05, 0.1) is 31.5 Å². The van der Waals surface area contributed by atoms with E-state index in [9.17, 15) is 28.8 Å². The molecule has 14 heteroatoms. The van der Waals surface area contributed by atoms with Gasteiger partial charge in [-0.2, -0.15) is 0 Å². The number of aliphatic hydroxyl groups is 1. The van der Waals surface area contributed by atoms with Gasteiger partial charge in [-0.25, -0.2) is 13.6 Å². The van der Waals surface area contributed by atoms with Gasteiger partial charge in [-0.1, -0.05) is 41.5 Å². The maximum atomic E-state index is 13.0. The van der Waals surface area contributed by atoms with Gasteiger partial charge in [0, 0.05) is 12.0 Å². The molecule has 0 aromatic rings. The molecule has 0 spiro atoms. The molecule has 0 rings (SSSR count). The lowest BCUT2D eigenvalue weighted by molar-refractivity contribution is -0.158. The Bertz CT molecular complexity index is 723. The van der Waals surface area contributed by atoms with Crippen molar-refractivity contribution in [3.63, 3.8) is 0 Å². The van der Waals surface area contributed by atoms with Gasteiger partial charge >= 0.3 is 25.7 Å². The number of aliphatic hydroxyl groups excluding tert-OH is 1. The van der Waals surface area contributed by atoms with Crippen molar-refractivity contribution in [1.29, 1.82) is 0 Å². The monoisotopic (exact) mass is 527 g/mol. The third-order valence-corrected chi connectivity index (χ3v) is 5.57. The van der Waals surface area contributed by atoms with Crippen LogP contribution < -0.4 is 5.32 Å². The Balaban J connectivity index is 5.06. The first-order valence-corrected chi connectivity index (χ1v) is 12.6. The van der Waals surface area contributed by atoms with Crippen LogP contribution in [0.15, 0.2) is 0 Å². The second kappa shape index (κ2) is 15.8. The molecule has 0 saturated heterocycles. The van der Waals surface area contributed by atoms with Gasteiger partial charge in [-0.15, -0.1) is 0 Å². The minimum atomic E-state index is -4.46. The maximum absolute atomic E-state index is 13.0. The molecule has 35 heavy (non-hydrogen) atoms. The summed E-state index contributed by atoms with van der Waals surface area (Å²) in [7, 11) is -4.46. The van der Waals surface area contributed by atoms with Crippen LogP contribution in [0.3, 0.4) is 0 Å². The first-order valence-electron chi connectivity index (χ1n) is 11.1. The quantitative estimate of drug-likeness (QED) is 0.122. The first kappa shape index (κ1) is 33.0. The lowest BCUT2D eigenvalue weighted by Gasteiger charge is -2.30. The zero-order valence-corrected chi connectivity index (χ0v) is 22.3. The number of nitrogens with one attached hydrogen (secondary N) is 1. The number of carbonyl (C=O) groups is 4. The zero-order valence-electron chi connectivity index (χ0n) is 21.4. The molecule has 0 bridgehead atoms. The van der Waals surface area contributed by atoms with E-state index in [2.05, 4.69) is 5.32 Å². The molecule has 0 aliphatic carbocycles. The van der Waals surface area contributed by atoms with E-state index in [1.165, 1.54) is 13.8 Å². The molecule has 1 amide bonds. The maximum Gasteiger partial charge on any atom is 0.480 e. The van der Waals surface area contributed by atoms with E-state index < -0.39 is 75.2 Å². The van der Waals surface area contributed by atoms with Gasteiger partial charge in [-0.3, -0.25) is 23.7 Å². The second-order valence-electron chi connectivity index (χ2n) is 8.69. The third-order valence-electron chi connectivity index (χ3n) is 4.28. The molecule has 2 N–H and O–H groups in total. The van der Waals surface area contributed by atoms with Crippen LogP contribution in [0.1, 0.15) is 54.9 Å². The van der Waals surface area contributed by atoms with Crippen LogP contribution >= 0.6 is 7.82 Å². The van der Waals surface area contributed by atoms with E-state index in [0.717, 1.165) is 0 Å². The van der Waals surface area contributed by atoms with Crippen molar-refractivity contribution >= 4 is 31.6 Å². The Morgan fingerprint density at radius 3 is 1.80 bits per heavy atom. The Morgan fingerprint density at radius 2 is 1.37 bits per heavy atom. The molecule has 0 heterocycles. The smallest absolute Gasteiger partial charge is 0.466 e. The molecule has 0 aliphatic rings. The molecule has 204 valence electrons. The summed E-state index contributed by atoms with van der Waals surface area (Å²) in [5.74, 6) is -3.49. The van der Waals surface area contributed by atoms with Gasteiger partial charge in [-0.05, 0) is 6.92 Å². The zero-order chi connectivity index (χ0) is 27.2. The van der Waals surface area contributed by atoms with Crippen LogP contribution in [-0.2, 0) is 51.5 Å². The van der Waals surface area contributed by atoms with Gasteiger partial charge in [0.1, 0.15) is 6.10 Å². The summed E-state index contributed by atoms with van der Waals surface area (Å²) in [6.45, 7) is 8.98. The highest BCUT2D eigenvalue weighted by molar-refractivity contribution is 7.48. The van der Waals surface area contributed by atoms with Crippen LogP contribution in [0.4, 0.5) is 0 Å². The predicted octanol–water partition coefficient (Wildman–Crippen LogP) is 1.91. The molecule has 0 aromatic heterocycles. The highest BCUT2D eigenvalue weighted by Crippen LogP contribution is 2.50. The number of rotatable bonds is 17. The summed E-state index contributed by atoms with van der Waals surface area (Å²) < 4.78 is 42.6. The molecule has 13 nitrogen and oxygen atoms in total. The van der Waals surface area contributed by atoms with Crippen LogP contribution in [0.5, 0.6) is 0 Å². The average Bonchev–Trinajstić information content (AvgIpc) is 2.77. The molecule has 0 saturated carbocycles. The first-order chi connectivity index (χ1) is 16.1. The van der Waals surface area contributed by atoms with Crippen LogP contribution in [-0.4, -0.2) is 68.4 Å². The van der Waals surface area contributed by atoms with Gasteiger partial charge in [0.15, 0.2) is 0 Å². The number of phosphoric acid groups is 1. The number of amides is 1. The molecule has 0 unspecified atom stereocenters. The van der Waals surface area contributed by atoms with Crippen molar-refractivity contribution < 1.29 is 56.6 Å². The summed E-state index contributed by atoms with van der Waals surface area (Å²) >= 11 is 0. The number of carbonyl (C=O) groups excluding carboxylic acids is 4. The van der Waals surface area contributed by atoms with Crippen LogP contribution in [0, 0.1) is 17.3 Å². The molecule has 1 atom stereocenters. The Hall–Kier alpha value is -2.05. The summed E-state index contributed by atoms with van der Waals surface area (Å²) in [6, 6.07) is 0. The average molecular weight is 528 g/mol. The van der Waals surface area contributed by atoms with Crippen LogP contribution in [0.2, 0.25) is 0 Å². The standard InChI is InChI=1S/C21H38NO12P/c1-8-29-16(23)9-10-22-18(25)17(24)21(6,7)11-32-35(28,33-12-30-19(26)14(2)3)34-13-31-20(27)15(4)5/h14-15,17,24H,8-13H2,1-7H3,(H,22,25)/t17-/m0/s1. The Morgan fingerprint density at radius 1 is 0.886 bits per heavy atom. The molecule has 0 fully saturated rings. The van der Waals surface area contributed by atoms with E-state index in [1.54, 1.807) is 34.6 Å². The van der Waals surface area contributed by atoms with Gasteiger partial charge in [0.25, 0.3) is 0 Å². The van der Waals surface area contributed by atoms with E-state index in [4.69, 9.17) is 27.8 Å². The van der Waals surface area contributed by atoms with Crippen LogP contribution in [0.25, 0.3) is 0 Å². The minimum absolute atomic E-state index is 0.0567. The third kappa shape index (κ3) is 13.6. The number of esters is 3. The largest absolute Gasteiger partial charge is 0.480 e. The number of hydrogen-bond donors (Lipinski definition) is 2. The normalized spacial score (nSPS) is 12.9. The summed E-state index contributed by atoms with van der Waals surface area (Å²) in [6.07, 6.45) is -1.71. The van der Waals surface area contributed by atoms with E-state index in [1.807, 2.05) is 0 Å². The summed E-state index contributed by atoms with van der Waals surface area (Å²) in [4.78, 5) is 46.8. The lowest BCUT2D eigenvalue weighted by Crippen LogP contribution is -2.46. The molecule has 0 radical (unpaired) electrons. The van der Waals surface area contributed by atoms with E-state index in [-0.39, 0.29) is 19.6 Å². The van der Waals surface area contributed by atoms with Crippen molar-refractivity contribution in [3.8, 4) is 0 Å². The highest BCUT2D eigenvalue weighted by Gasteiger charge is 2.38. The fourth-order valence-electron chi connectivity index (χ4n) is 2.04. The molecular formula is C21H38NO12P. The Kier molecular flexibility index (Phi) is 14.9.